The molecule has 0 fully saturated rings. The molecule has 0 atom stereocenters. The summed E-state index contributed by atoms with van der Waals surface area (Å²) in [6, 6.07) is 22.7. The first kappa shape index (κ1) is 25.9. The van der Waals surface area contributed by atoms with E-state index in [1.807, 2.05) is 0 Å². The van der Waals surface area contributed by atoms with Gasteiger partial charge in [-0.05, 0) is 75.5 Å². The smallest absolute Gasteiger partial charge is 0.169 e. The van der Waals surface area contributed by atoms with E-state index in [1.165, 1.54) is 51.2 Å². The maximum absolute atomic E-state index is 2.60. The predicted octanol–water partition coefficient (Wildman–Crippen LogP) is 8.76. The van der Waals surface area contributed by atoms with Crippen LogP contribution in [0.1, 0.15) is 65.0 Å². The van der Waals surface area contributed by atoms with E-state index in [4.69, 9.17) is 0 Å². The topological polar surface area (TPSA) is 7.12 Å². The SMILES string of the molecule is CCC[n+]1ccc(/C=C/c2cc3ccc(N(CCC(C)C)CCC(C)C)cc3c3ccccc23)cc1. The van der Waals surface area contributed by atoms with Crippen LogP contribution in [0.4, 0.5) is 5.69 Å². The van der Waals surface area contributed by atoms with Gasteiger partial charge in [-0.1, -0.05) is 77.1 Å². The molecule has 0 aliphatic carbocycles. The van der Waals surface area contributed by atoms with E-state index in [1.54, 1.807) is 0 Å². The molecule has 4 rings (SSSR count). The fraction of sp³-hybridized carbons (Fsp3) is 0.382. The van der Waals surface area contributed by atoms with Gasteiger partial charge in [-0.3, -0.25) is 0 Å². The van der Waals surface area contributed by atoms with Crippen LogP contribution >= 0.6 is 0 Å². The lowest BCUT2D eigenvalue weighted by Crippen LogP contribution is -2.31. The van der Waals surface area contributed by atoms with Gasteiger partial charge in [0.1, 0.15) is 6.54 Å². The molecule has 0 unspecified atom stereocenters. The van der Waals surface area contributed by atoms with Gasteiger partial charge in [-0.2, -0.15) is 0 Å². The molecular formula is C34H43N2+. The van der Waals surface area contributed by atoms with E-state index in [-0.39, 0.29) is 0 Å². The highest BCUT2D eigenvalue weighted by Crippen LogP contribution is 2.33. The summed E-state index contributed by atoms with van der Waals surface area (Å²) in [7, 11) is 0. The molecule has 0 N–H and O–H groups in total. The number of rotatable bonds is 11. The third kappa shape index (κ3) is 6.55. The van der Waals surface area contributed by atoms with Crippen molar-refractivity contribution in [2.24, 2.45) is 11.8 Å². The van der Waals surface area contributed by atoms with Crippen molar-refractivity contribution in [2.45, 2.75) is 60.4 Å². The molecule has 0 saturated carbocycles. The molecular weight excluding hydrogens is 436 g/mol. The fourth-order valence-electron chi connectivity index (χ4n) is 4.82. The van der Waals surface area contributed by atoms with Crippen LogP contribution in [0.3, 0.4) is 0 Å². The van der Waals surface area contributed by atoms with Crippen molar-refractivity contribution >= 4 is 39.4 Å². The maximum Gasteiger partial charge on any atom is 0.169 e. The molecule has 4 aromatic rings. The molecule has 0 bridgehead atoms. The third-order valence-electron chi connectivity index (χ3n) is 7.05. The summed E-state index contributed by atoms with van der Waals surface area (Å²) in [5.74, 6) is 1.42. The zero-order valence-corrected chi connectivity index (χ0v) is 22.9. The first-order chi connectivity index (χ1) is 17.4. The lowest BCUT2D eigenvalue weighted by atomic mass is 9.96. The summed E-state index contributed by atoms with van der Waals surface area (Å²) in [5, 5.41) is 5.29. The molecule has 0 amide bonds. The number of aromatic nitrogens is 1. The summed E-state index contributed by atoms with van der Waals surface area (Å²) < 4.78 is 2.24. The van der Waals surface area contributed by atoms with Crippen LogP contribution in [0, 0.1) is 11.8 Å². The number of anilines is 1. The van der Waals surface area contributed by atoms with E-state index >= 15 is 0 Å². The molecule has 2 nitrogen and oxygen atoms in total. The Kier molecular flexibility index (Phi) is 8.80. The molecule has 188 valence electrons. The number of aryl methyl sites for hydroxylation is 1. The number of hydrogen-bond donors (Lipinski definition) is 0. The van der Waals surface area contributed by atoms with Gasteiger partial charge in [0.15, 0.2) is 12.4 Å². The van der Waals surface area contributed by atoms with Gasteiger partial charge in [-0.15, -0.1) is 0 Å². The summed E-state index contributed by atoms with van der Waals surface area (Å²) in [6.45, 7) is 14.8. The van der Waals surface area contributed by atoms with Crippen molar-refractivity contribution in [3.05, 3.63) is 84.2 Å². The van der Waals surface area contributed by atoms with E-state index in [2.05, 4.69) is 129 Å². The molecule has 0 aliphatic rings. The van der Waals surface area contributed by atoms with Crippen LogP contribution in [0.25, 0.3) is 33.7 Å². The van der Waals surface area contributed by atoms with Crippen molar-refractivity contribution in [3.63, 3.8) is 0 Å². The first-order valence-electron chi connectivity index (χ1n) is 13.8. The lowest BCUT2D eigenvalue weighted by Gasteiger charge is -2.27. The van der Waals surface area contributed by atoms with E-state index in [0.29, 0.717) is 11.8 Å². The Morgan fingerprint density at radius 1 is 0.750 bits per heavy atom. The van der Waals surface area contributed by atoms with Gasteiger partial charge >= 0.3 is 0 Å². The van der Waals surface area contributed by atoms with Crippen molar-refractivity contribution in [2.75, 3.05) is 18.0 Å². The molecule has 3 aromatic carbocycles. The van der Waals surface area contributed by atoms with Gasteiger partial charge in [0.2, 0.25) is 0 Å². The molecule has 0 spiro atoms. The number of pyridine rings is 1. The highest BCUT2D eigenvalue weighted by molar-refractivity contribution is 6.12. The summed E-state index contributed by atoms with van der Waals surface area (Å²) >= 11 is 0. The quantitative estimate of drug-likeness (QED) is 0.154. The Hall–Kier alpha value is -3.13. The van der Waals surface area contributed by atoms with E-state index in [9.17, 15) is 0 Å². The van der Waals surface area contributed by atoms with Gasteiger partial charge < -0.3 is 4.90 Å². The van der Waals surface area contributed by atoms with Crippen molar-refractivity contribution in [3.8, 4) is 0 Å². The Morgan fingerprint density at radius 3 is 2.06 bits per heavy atom. The normalized spacial score (nSPS) is 12.0. The summed E-state index contributed by atoms with van der Waals surface area (Å²) in [4.78, 5) is 2.60. The van der Waals surface area contributed by atoms with Crippen molar-refractivity contribution in [1.82, 2.24) is 0 Å². The minimum atomic E-state index is 0.712. The van der Waals surface area contributed by atoms with Crippen LogP contribution in [0.15, 0.2) is 73.1 Å². The maximum atomic E-state index is 2.60. The van der Waals surface area contributed by atoms with E-state index in [0.717, 1.165) is 26.1 Å². The van der Waals surface area contributed by atoms with Crippen LogP contribution in [-0.2, 0) is 6.54 Å². The van der Waals surface area contributed by atoms with Crippen LogP contribution in [0.5, 0.6) is 0 Å². The zero-order valence-electron chi connectivity index (χ0n) is 22.9. The average molecular weight is 480 g/mol. The largest absolute Gasteiger partial charge is 0.371 e. The lowest BCUT2D eigenvalue weighted by molar-refractivity contribution is -0.697. The van der Waals surface area contributed by atoms with Gasteiger partial charge in [-0.25, -0.2) is 4.57 Å². The third-order valence-corrected chi connectivity index (χ3v) is 7.05. The second-order valence-corrected chi connectivity index (χ2v) is 11.0. The Morgan fingerprint density at radius 2 is 1.42 bits per heavy atom. The average Bonchev–Trinajstić information content (AvgIpc) is 2.88. The van der Waals surface area contributed by atoms with Gasteiger partial charge in [0, 0.05) is 37.3 Å². The number of fused-ring (bicyclic) bond motifs is 3. The standard InChI is InChI=1S/C34H43N2/c1-6-19-35-20-17-28(18-21-35)11-12-29-24-30-13-14-31(25-34(30)33-10-8-7-9-32(29)33)36(22-15-26(2)3)23-16-27(4)5/h7-14,17-18,20-21,24-27H,6,15-16,19,22-23H2,1-5H3/q+1. The minimum Gasteiger partial charge on any atom is -0.371 e. The van der Waals surface area contributed by atoms with Crippen molar-refractivity contribution in [1.29, 1.82) is 0 Å². The monoisotopic (exact) mass is 479 g/mol. The van der Waals surface area contributed by atoms with E-state index < -0.39 is 0 Å². The van der Waals surface area contributed by atoms with Crippen molar-refractivity contribution < 1.29 is 4.57 Å². The highest BCUT2D eigenvalue weighted by Gasteiger charge is 2.12. The molecule has 0 aliphatic heterocycles. The Labute approximate surface area is 218 Å². The number of benzene rings is 3. The Bertz CT molecular complexity index is 1290. The highest BCUT2D eigenvalue weighted by atomic mass is 15.1. The molecule has 1 aromatic heterocycles. The first-order valence-corrected chi connectivity index (χ1v) is 13.8. The second-order valence-electron chi connectivity index (χ2n) is 11.0. The molecule has 1 heterocycles. The molecule has 36 heavy (non-hydrogen) atoms. The van der Waals surface area contributed by atoms with Crippen LogP contribution in [-0.4, -0.2) is 13.1 Å². The van der Waals surface area contributed by atoms with Crippen LogP contribution < -0.4 is 9.47 Å². The zero-order chi connectivity index (χ0) is 25.5. The molecule has 2 heteroatoms. The Balaban J connectivity index is 1.70. The second kappa shape index (κ2) is 12.2. The molecule has 0 radical (unpaired) electrons. The number of nitrogens with zero attached hydrogens (tertiary/aromatic N) is 2. The fourth-order valence-corrected chi connectivity index (χ4v) is 4.82. The molecule has 0 saturated heterocycles. The number of hydrogen-bond acceptors (Lipinski definition) is 1. The van der Waals surface area contributed by atoms with Crippen LogP contribution in [0.2, 0.25) is 0 Å². The van der Waals surface area contributed by atoms with Gasteiger partial charge in [0.05, 0.1) is 0 Å². The van der Waals surface area contributed by atoms with Gasteiger partial charge in [0.25, 0.3) is 0 Å². The predicted molar refractivity (Wildman–Crippen MR) is 158 cm³/mol. The summed E-state index contributed by atoms with van der Waals surface area (Å²) in [5.41, 5.74) is 3.85. The minimum absolute atomic E-state index is 0.712. The summed E-state index contributed by atoms with van der Waals surface area (Å²) in [6.07, 6.45) is 12.4.